The van der Waals surface area contributed by atoms with Crippen molar-refractivity contribution < 1.29 is 28.7 Å². The average molecular weight is 793 g/mol. The number of ether oxygens (including phenoxy) is 2. The third-order valence-electron chi connectivity index (χ3n) is 11.9. The van der Waals surface area contributed by atoms with Crippen LogP contribution in [0, 0.1) is 23.7 Å². The van der Waals surface area contributed by atoms with Crippen LogP contribution >= 0.6 is 0 Å². The molecule has 0 spiro atoms. The Labute approximate surface area is 342 Å². The molecule has 10 atom stereocenters. The van der Waals surface area contributed by atoms with E-state index in [9.17, 15) is 19.2 Å². The largest absolute Gasteiger partial charge is 0.379 e. The number of methoxy groups -OCH3 is 2. The number of likely N-dealkylation sites (tertiary alicyclic amines) is 1. The van der Waals surface area contributed by atoms with Gasteiger partial charge in [0, 0.05) is 27.8 Å². The molecule has 0 radical (unpaired) electrons. The molecule has 1 saturated heterocycles. The molecule has 2 aromatic carbocycles. The van der Waals surface area contributed by atoms with Gasteiger partial charge in [-0.05, 0) is 55.8 Å². The summed E-state index contributed by atoms with van der Waals surface area (Å²) in [6.45, 7) is 14.3. The van der Waals surface area contributed by atoms with Gasteiger partial charge >= 0.3 is 0 Å². The van der Waals surface area contributed by atoms with Crippen molar-refractivity contribution in [2.24, 2.45) is 29.4 Å². The van der Waals surface area contributed by atoms with Crippen LogP contribution in [0.4, 0.5) is 0 Å². The summed E-state index contributed by atoms with van der Waals surface area (Å²) < 4.78 is 12.1. The number of nitrogens with one attached hydrogen (secondary N) is 2. The summed E-state index contributed by atoms with van der Waals surface area (Å²) in [7, 11) is 8.63. The first-order valence-electron chi connectivity index (χ1n) is 20.7. The maximum Gasteiger partial charge on any atom is 0.245 e. The van der Waals surface area contributed by atoms with Crippen molar-refractivity contribution in [3.05, 3.63) is 71.8 Å². The van der Waals surface area contributed by atoms with Crippen molar-refractivity contribution in [3.8, 4) is 0 Å². The molecular formula is C45H72N6O6. The number of likely N-dealkylation sites (N-methyl/N-ethyl adjacent to an activating group) is 2. The van der Waals surface area contributed by atoms with Crippen LogP contribution in [0.3, 0.4) is 0 Å². The van der Waals surface area contributed by atoms with Crippen LogP contribution in [0.1, 0.15) is 97.4 Å². The lowest BCUT2D eigenvalue weighted by molar-refractivity contribution is -0.148. The predicted octanol–water partition coefficient (Wildman–Crippen LogP) is 5.19. The summed E-state index contributed by atoms with van der Waals surface area (Å²) in [6, 6.07) is 16.5. The number of rotatable bonds is 21. The van der Waals surface area contributed by atoms with E-state index in [-0.39, 0.29) is 53.8 Å². The second-order valence-corrected chi connectivity index (χ2v) is 16.8. The van der Waals surface area contributed by atoms with Crippen LogP contribution in [-0.2, 0) is 28.7 Å². The topological polar surface area (TPSA) is 147 Å². The molecule has 1 aliphatic rings. The highest BCUT2D eigenvalue weighted by Crippen LogP contribution is 2.32. The molecule has 0 aliphatic carbocycles. The minimum absolute atomic E-state index is 0.0185. The molecule has 4 N–H and O–H groups in total. The van der Waals surface area contributed by atoms with Gasteiger partial charge in [-0.3, -0.25) is 24.1 Å². The van der Waals surface area contributed by atoms with E-state index in [2.05, 4.69) is 24.5 Å². The first-order valence-corrected chi connectivity index (χ1v) is 20.7. The minimum Gasteiger partial charge on any atom is -0.379 e. The lowest BCUT2D eigenvalue weighted by Crippen LogP contribution is -2.59. The Bertz CT molecular complexity index is 1550. The third kappa shape index (κ3) is 12.1. The quantitative estimate of drug-likeness (QED) is 0.157. The summed E-state index contributed by atoms with van der Waals surface area (Å²) in [5.41, 5.74) is 8.59. The monoisotopic (exact) mass is 793 g/mol. The Morgan fingerprint density at radius 1 is 0.825 bits per heavy atom. The first kappa shape index (κ1) is 47.5. The van der Waals surface area contributed by atoms with Gasteiger partial charge in [0.25, 0.3) is 0 Å². The highest BCUT2D eigenvalue weighted by molar-refractivity contribution is 5.90. The maximum atomic E-state index is 14.4. The van der Waals surface area contributed by atoms with Crippen molar-refractivity contribution in [1.82, 2.24) is 25.3 Å². The minimum atomic E-state index is -0.759. The molecule has 1 aliphatic heterocycles. The second-order valence-electron chi connectivity index (χ2n) is 16.8. The van der Waals surface area contributed by atoms with Crippen LogP contribution < -0.4 is 16.4 Å². The van der Waals surface area contributed by atoms with E-state index in [0.717, 1.165) is 24.0 Å². The summed E-state index contributed by atoms with van der Waals surface area (Å²) in [5, 5.41) is 6.28. The van der Waals surface area contributed by atoms with Crippen molar-refractivity contribution in [2.45, 2.75) is 123 Å². The number of nitrogens with zero attached hydrogens (tertiary/aromatic N) is 3. The molecule has 2 aromatic rings. The van der Waals surface area contributed by atoms with E-state index < -0.39 is 48.3 Å². The van der Waals surface area contributed by atoms with Gasteiger partial charge in [0.2, 0.25) is 23.6 Å². The van der Waals surface area contributed by atoms with Crippen LogP contribution in [0.15, 0.2) is 60.7 Å². The number of carbonyl (C=O) groups is 4. The van der Waals surface area contributed by atoms with E-state index in [1.54, 1.807) is 26.2 Å². The van der Waals surface area contributed by atoms with Gasteiger partial charge in [-0.15, -0.1) is 0 Å². The second kappa shape index (κ2) is 22.3. The predicted molar refractivity (Wildman–Crippen MR) is 226 cm³/mol. The molecule has 318 valence electrons. The normalized spacial score (nSPS) is 19.3. The van der Waals surface area contributed by atoms with Gasteiger partial charge in [0.15, 0.2) is 0 Å². The first-order chi connectivity index (χ1) is 27.0. The number of hydrogen-bond donors (Lipinski definition) is 3. The zero-order valence-electron chi connectivity index (χ0n) is 36.6. The van der Waals surface area contributed by atoms with E-state index in [1.807, 2.05) is 119 Å². The molecule has 1 fully saturated rings. The number of nitrogens with two attached hydrogens (primary N) is 1. The Morgan fingerprint density at radius 3 is 1.89 bits per heavy atom. The van der Waals surface area contributed by atoms with E-state index >= 15 is 0 Å². The average Bonchev–Trinajstić information content (AvgIpc) is 3.68. The maximum absolute atomic E-state index is 14.4. The van der Waals surface area contributed by atoms with E-state index in [0.29, 0.717) is 13.0 Å². The summed E-state index contributed by atoms with van der Waals surface area (Å²) >= 11 is 0. The number of carbonyl (C=O) groups excluding carboxylic acids is 4. The van der Waals surface area contributed by atoms with Crippen LogP contribution in [0.2, 0.25) is 0 Å². The third-order valence-corrected chi connectivity index (χ3v) is 11.9. The van der Waals surface area contributed by atoms with Crippen molar-refractivity contribution in [1.29, 1.82) is 0 Å². The molecule has 12 heteroatoms. The molecule has 12 nitrogen and oxygen atoms in total. The molecule has 0 saturated carbocycles. The molecule has 57 heavy (non-hydrogen) atoms. The van der Waals surface area contributed by atoms with Gasteiger partial charge < -0.3 is 35.6 Å². The fourth-order valence-electron chi connectivity index (χ4n) is 8.60. The smallest absolute Gasteiger partial charge is 0.245 e. The Kier molecular flexibility index (Phi) is 18.6. The van der Waals surface area contributed by atoms with Gasteiger partial charge in [-0.25, -0.2) is 0 Å². The molecule has 0 bridgehead atoms. The lowest BCUT2D eigenvalue weighted by atomic mass is 9.89. The number of amides is 4. The van der Waals surface area contributed by atoms with Gasteiger partial charge in [-0.1, -0.05) is 116 Å². The molecule has 4 unspecified atom stereocenters. The Hall–Kier alpha value is -3.84. The fourth-order valence-corrected chi connectivity index (χ4v) is 8.60. The Morgan fingerprint density at radius 2 is 1.40 bits per heavy atom. The standard InChI is InChI=1S/C45H72N6O6/c1-13-30(6)41(50(10)45(55)38(28(2)3)47-44(54)40(29(4)5)49(8)9)35(56-11)27-36(52)51-26-20-25-34(51)42(57-12)31(7)43(53)48-39(33-23-18-15-19-24-33)37(46)32-21-16-14-17-22-32/h14-19,21-24,28-31,34-35,37-42H,13,20,25-27,46H2,1-12H3,(H,47,54)(H,48,53)/t30?,31?,34-,35+,37?,38-,39-,40-,41-,42?/m0/s1. The fraction of sp³-hybridized carbons (Fsp3) is 0.644. The summed E-state index contributed by atoms with van der Waals surface area (Å²) in [5.74, 6) is -1.51. The van der Waals surface area contributed by atoms with E-state index in [1.165, 1.54) is 0 Å². The molecule has 1 heterocycles. The van der Waals surface area contributed by atoms with Crippen LogP contribution in [0.5, 0.6) is 0 Å². The SMILES string of the molecule is CCC(C)[C@@H]([C@@H](CC(=O)N1CCC[C@H]1C(OC)C(C)C(=O)N[C@@H](c1ccccc1)C(N)c1ccccc1)OC)N(C)C(=O)[C@@H](NC(=O)[C@H](C(C)C)N(C)C)C(C)C. The molecule has 0 aromatic heterocycles. The zero-order valence-corrected chi connectivity index (χ0v) is 36.6. The van der Waals surface area contributed by atoms with Crippen molar-refractivity contribution in [2.75, 3.05) is 41.9 Å². The summed E-state index contributed by atoms with van der Waals surface area (Å²) in [6.07, 6.45) is 1.02. The molecule has 4 amide bonds. The van der Waals surface area contributed by atoms with Crippen molar-refractivity contribution in [3.63, 3.8) is 0 Å². The number of benzene rings is 2. The molecule has 3 rings (SSSR count). The lowest BCUT2D eigenvalue weighted by Gasteiger charge is -2.41. The van der Waals surface area contributed by atoms with Gasteiger partial charge in [0.05, 0.1) is 54.8 Å². The molecular weight excluding hydrogens is 721 g/mol. The van der Waals surface area contributed by atoms with Gasteiger partial charge in [0.1, 0.15) is 6.04 Å². The zero-order chi connectivity index (χ0) is 42.6. The summed E-state index contributed by atoms with van der Waals surface area (Å²) in [4.78, 5) is 61.6. The number of hydrogen-bond acceptors (Lipinski definition) is 8. The van der Waals surface area contributed by atoms with E-state index in [4.69, 9.17) is 15.2 Å². The highest BCUT2D eigenvalue weighted by atomic mass is 16.5. The van der Waals surface area contributed by atoms with Crippen LogP contribution in [0.25, 0.3) is 0 Å². The van der Waals surface area contributed by atoms with Crippen molar-refractivity contribution >= 4 is 23.6 Å². The van der Waals surface area contributed by atoms with Gasteiger partial charge in [-0.2, -0.15) is 0 Å². The van der Waals surface area contributed by atoms with Crippen LogP contribution in [-0.4, -0.2) is 117 Å². The Balaban J connectivity index is 1.82. The highest BCUT2D eigenvalue weighted by Gasteiger charge is 2.43.